The molecule has 4 nitrogen and oxygen atoms in total. The number of hydrogen-bond acceptors (Lipinski definition) is 3. The number of imidazole rings is 1. The maximum atomic E-state index is 11.5. The zero-order valence-corrected chi connectivity index (χ0v) is 10.9. The zero-order chi connectivity index (χ0) is 10.8. The van der Waals surface area contributed by atoms with Crippen molar-refractivity contribution in [3.8, 4) is 0 Å². The molecule has 0 radical (unpaired) electrons. The van der Waals surface area contributed by atoms with Crippen LogP contribution in [0.3, 0.4) is 0 Å². The van der Waals surface area contributed by atoms with E-state index >= 15 is 0 Å². The topological polar surface area (TPSA) is 43.6 Å². The number of rotatable bonds is 2. The van der Waals surface area contributed by atoms with Gasteiger partial charge in [-0.3, -0.25) is 4.40 Å². The summed E-state index contributed by atoms with van der Waals surface area (Å²) in [4.78, 5) is 15.6. The zero-order valence-electron chi connectivity index (χ0n) is 8.51. The summed E-state index contributed by atoms with van der Waals surface area (Å²) >= 11 is 3.34. The van der Waals surface area contributed by atoms with E-state index in [0.29, 0.717) is 12.3 Å². The summed E-state index contributed by atoms with van der Waals surface area (Å²) in [6.45, 7) is 2.14. The first-order valence-corrected chi connectivity index (χ1v) is 5.31. The van der Waals surface area contributed by atoms with E-state index in [1.807, 2.05) is 12.1 Å². The third-order valence-corrected chi connectivity index (χ3v) is 2.42. The van der Waals surface area contributed by atoms with Gasteiger partial charge in [-0.2, -0.15) is 0 Å². The molecular weight excluding hydrogens is 295 g/mol. The molecule has 0 aliphatic heterocycles. The Hall–Kier alpha value is -1.07. The standard InChI is InChI=1S/C10H9BrN2O2.ClH/c1-2-15-10(14)8-5-12-9-4-3-7(11)6-13(8)9;/h3-6H,2H2,1H3;1H. The molecule has 0 aliphatic carbocycles. The molecule has 2 aromatic rings. The fourth-order valence-electron chi connectivity index (χ4n) is 1.31. The number of aromatic nitrogens is 2. The third-order valence-electron chi connectivity index (χ3n) is 1.95. The van der Waals surface area contributed by atoms with Crippen LogP contribution in [0.2, 0.25) is 0 Å². The highest BCUT2D eigenvalue weighted by Gasteiger charge is 2.12. The van der Waals surface area contributed by atoms with Crippen molar-refractivity contribution >= 4 is 40.0 Å². The molecule has 0 fully saturated rings. The van der Waals surface area contributed by atoms with Crippen LogP contribution in [-0.2, 0) is 4.74 Å². The molecule has 0 bridgehead atoms. The Kier molecular flexibility index (Phi) is 4.32. The Labute approximate surface area is 107 Å². The average molecular weight is 306 g/mol. The Morgan fingerprint density at radius 3 is 3.00 bits per heavy atom. The van der Waals surface area contributed by atoms with Crippen LogP contribution in [-0.4, -0.2) is 22.0 Å². The molecule has 2 rings (SSSR count). The van der Waals surface area contributed by atoms with E-state index in [4.69, 9.17) is 4.74 Å². The SMILES string of the molecule is CCOC(=O)c1cnc2ccc(Br)cn12.Cl. The molecule has 16 heavy (non-hydrogen) atoms. The Morgan fingerprint density at radius 2 is 2.31 bits per heavy atom. The maximum absolute atomic E-state index is 11.5. The Morgan fingerprint density at radius 1 is 1.56 bits per heavy atom. The minimum absolute atomic E-state index is 0. The summed E-state index contributed by atoms with van der Waals surface area (Å²) in [5.74, 6) is -0.358. The van der Waals surface area contributed by atoms with E-state index in [-0.39, 0.29) is 18.4 Å². The minimum Gasteiger partial charge on any atom is -0.461 e. The second-order valence-corrected chi connectivity index (χ2v) is 3.86. The highest BCUT2D eigenvalue weighted by molar-refractivity contribution is 9.10. The van der Waals surface area contributed by atoms with Gasteiger partial charge in [-0.05, 0) is 35.0 Å². The highest BCUT2D eigenvalue weighted by Crippen LogP contribution is 2.14. The highest BCUT2D eigenvalue weighted by atomic mass is 79.9. The van der Waals surface area contributed by atoms with Gasteiger partial charge in [-0.1, -0.05) is 0 Å². The van der Waals surface area contributed by atoms with Crippen LogP contribution in [0.5, 0.6) is 0 Å². The number of hydrogen-bond donors (Lipinski definition) is 0. The number of carbonyl (C=O) groups excluding carboxylic acids is 1. The largest absolute Gasteiger partial charge is 0.461 e. The first kappa shape index (κ1) is 13.0. The van der Waals surface area contributed by atoms with Crippen molar-refractivity contribution in [1.29, 1.82) is 0 Å². The van der Waals surface area contributed by atoms with Crippen LogP contribution in [0.15, 0.2) is 29.0 Å². The van der Waals surface area contributed by atoms with Gasteiger partial charge in [0.2, 0.25) is 0 Å². The molecule has 0 saturated carbocycles. The van der Waals surface area contributed by atoms with Crippen molar-refractivity contribution in [2.24, 2.45) is 0 Å². The number of pyridine rings is 1. The second kappa shape index (κ2) is 5.32. The van der Waals surface area contributed by atoms with Crippen molar-refractivity contribution in [3.05, 3.63) is 34.7 Å². The van der Waals surface area contributed by atoms with Gasteiger partial charge in [-0.15, -0.1) is 12.4 Å². The summed E-state index contributed by atoms with van der Waals surface area (Å²) in [7, 11) is 0. The van der Waals surface area contributed by atoms with Crippen LogP contribution in [0.1, 0.15) is 17.4 Å². The van der Waals surface area contributed by atoms with E-state index in [1.165, 1.54) is 6.20 Å². The number of carbonyl (C=O) groups is 1. The van der Waals surface area contributed by atoms with Crippen LogP contribution < -0.4 is 0 Å². The van der Waals surface area contributed by atoms with Gasteiger partial charge in [0.1, 0.15) is 5.65 Å². The first-order chi connectivity index (χ1) is 7.22. The van der Waals surface area contributed by atoms with Crippen molar-refractivity contribution in [3.63, 3.8) is 0 Å². The summed E-state index contributed by atoms with van der Waals surface area (Å²) in [5.41, 5.74) is 1.16. The fourth-order valence-corrected chi connectivity index (χ4v) is 1.65. The summed E-state index contributed by atoms with van der Waals surface area (Å²) < 4.78 is 7.50. The molecule has 0 aromatic carbocycles. The molecule has 0 unspecified atom stereocenters. The summed E-state index contributed by atoms with van der Waals surface area (Å²) in [5, 5.41) is 0. The smallest absolute Gasteiger partial charge is 0.356 e. The molecule has 0 N–H and O–H groups in total. The molecule has 2 aromatic heterocycles. The number of ether oxygens (including phenoxy) is 1. The predicted octanol–water partition coefficient (Wildman–Crippen LogP) is 2.70. The van der Waals surface area contributed by atoms with E-state index in [1.54, 1.807) is 17.5 Å². The summed E-state index contributed by atoms with van der Waals surface area (Å²) in [6.07, 6.45) is 3.30. The van der Waals surface area contributed by atoms with Gasteiger partial charge in [0.25, 0.3) is 0 Å². The molecule has 0 spiro atoms. The van der Waals surface area contributed by atoms with E-state index in [2.05, 4.69) is 20.9 Å². The average Bonchev–Trinajstić information content (AvgIpc) is 2.60. The lowest BCUT2D eigenvalue weighted by Gasteiger charge is -2.01. The predicted molar refractivity (Wildman–Crippen MR) is 66.1 cm³/mol. The van der Waals surface area contributed by atoms with Gasteiger partial charge in [0.05, 0.1) is 12.8 Å². The lowest BCUT2D eigenvalue weighted by Crippen LogP contribution is -2.07. The molecule has 86 valence electrons. The van der Waals surface area contributed by atoms with Crippen LogP contribution >= 0.6 is 28.3 Å². The first-order valence-electron chi connectivity index (χ1n) is 4.52. The fraction of sp³-hybridized carbons (Fsp3) is 0.200. The lowest BCUT2D eigenvalue weighted by atomic mass is 10.4. The Balaban J connectivity index is 0.00000128. The molecule has 6 heteroatoms. The number of fused-ring (bicyclic) bond motifs is 1. The molecule has 2 heterocycles. The summed E-state index contributed by atoms with van der Waals surface area (Å²) in [6, 6.07) is 3.70. The van der Waals surface area contributed by atoms with E-state index < -0.39 is 0 Å². The third kappa shape index (κ3) is 2.36. The van der Waals surface area contributed by atoms with Crippen LogP contribution in [0, 0.1) is 0 Å². The molecule has 0 aliphatic rings. The van der Waals surface area contributed by atoms with Crippen LogP contribution in [0.4, 0.5) is 0 Å². The van der Waals surface area contributed by atoms with Gasteiger partial charge in [-0.25, -0.2) is 9.78 Å². The van der Waals surface area contributed by atoms with Crippen molar-refractivity contribution in [2.45, 2.75) is 6.92 Å². The lowest BCUT2D eigenvalue weighted by molar-refractivity contribution is 0.0518. The molecule has 0 atom stereocenters. The van der Waals surface area contributed by atoms with E-state index in [0.717, 1.165) is 10.1 Å². The van der Waals surface area contributed by atoms with Gasteiger partial charge in [0.15, 0.2) is 5.69 Å². The van der Waals surface area contributed by atoms with Crippen molar-refractivity contribution < 1.29 is 9.53 Å². The number of halogens is 2. The number of esters is 1. The van der Waals surface area contributed by atoms with Gasteiger partial charge >= 0.3 is 5.97 Å². The minimum atomic E-state index is -0.358. The van der Waals surface area contributed by atoms with Crippen LogP contribution in [0.25, 0.3) is 5.65 Å². The van der Waals surface area contributed by atoms with Crippen molar-refractivity contribution in [2.75, 3.05) is 6.61 Å². The van der Waals surface area contributed by atoms with E-state index in [9.17, 15) is 4.79 Å². The maximum Gasteiger partial charge on any atom is 0.356 e. The normalized spacial score (nSPS) is 9.88. The molecule has 0 saturated heterocycles. The van der Waals surface area contributed by atoms with Gasteiger partial charge in [0, 0.05) is 10.7 Å². The Bertz CT molecular complexity index is 512. The van der Waals surface area contributed by atoms with Gasteiger partial charge < -0.3 is 4.74 Å². The monoisotopic (exact) mass is 304 g/mol. The quantitative estimate of drug-likeness (QED) is 0.801. The second-order valence-electron chi connectivity index (χ2n) is 2.94. The van der Waals surface area contributed by atoms with Crippen molar-refractivity contribution in [1.82, 2.24) is 9.38 Å². The molecule has 0 amide bonds. The molecular formula is C10H10BrClN2O2. The number of nitrogens with zero attached hydrogens (tertiary/aromatic N) is 2.